The average molecular weight is 281 g/mol. The number of nitrogens with zero attached hydrogens (tertiary/aromatic N) is 1. The number of Topliss-reactive ketones (excluding diaryl/α,β-unsaturated/α-hetero) is 1. The fourth-order valence-corrected chi connectivity index (χ4v) is 3.65. The lowest BCUT2D eigenvalue weighted by Gasteiger charge is -2.13. The van der Waals surface area contributed by atoms with Crippen LogP contribution in [0.25, 0.3) is 0 Å². The molecule has 0 radical (unpaired) electrons. The molecule has 0 spiro atoms. The van der Waals surface area contributed by atoms with Gasteiger partial charge in [-0.25, -0.2) is 8.42 Å². The number of hydrogen-bond acceptors (Lipinski definition) is 3. The summed E-state index contributed by atoms with van der Waals surface area (Å²) in [7, 11) is -3.20. The number of carbonyl (C=O) groups excluding carboxylic acids is 1. The maximum Gasteiger partial charge on any atom is 0.214 e. The van der Waals surface area contributed by atoms with E-state index in [2.05, 4.69) is 13.8 Å². The largest absolute Gasteiger partial charge is 0.293 e. The number of ketones is 1. The summed E-state index contributed by atoms with van der Waals surface area (Å²) >= 11 is 0. The molecule has 1 fully saturated rings. The molecule has 1 aliphatic rings. The van der Waals surface area contributed by atoms with E-state index in [0.29, 0.717) is 24.4 Å². The molecule has 0 saturated carbocycles. The molecule has 0 atom stereocenters. The third kappa shape index (κ3) is 3.22. The zero-order valence-electron chi connectivity index (χ0n) is 11.3. The second kappa shape index (κ2) is 5.43. The summed E-state index contributed by atoms with van der Waals surface area (Å²) in [5, 5.41) is 0. The first-order chi connectivity index (χ1) is 8.90. The molecule has 4 nitrogen and oxygen atoms in total. The Balaban J connectivity index is 2.08. The smallest absolute Gasteiger partial charge is 0.214 e. The summed E-state index contributed by atoms with van der Waals surface area (Å²) in [6.07, 6.45) is 0.613. The summed E-state index contributed by atoms with van der Waals surface area (Å²) < 4.78 is 24.6. The van der Waals surface area contributed by atoms with Crippen molar-refractivity contribution in [3.8, 4) is 0 Å². The summed E-state index contributed by atoms with van der Waals surface area (Å²) in [5.74, 6) is 0.441. The first-order valence-electron chi connectivity index (χ1n) is 6.51. The Morgan fingerprint density at radius 3 is 2.37 bits per heavy atom. The zero-order chi connectivity index (χ0) is 14.0. The van der Waals surface area contributed by atoms with Gasteiger partial charge in [0.15, 0.2) is 5.78 Å². The maximum atomic E-state index is 12.1. The Hall–Kier alpha value is -1.20. The van der Waals surface area contributed by atoms with Crippen molar-refractivity contribution in [2.45, 2.75) is 26.2 Å². The predicted molar refractivity (Wildman–Crippen MR) is 74.8 cm³/mol. The third-order valence-corrected chi connectivity index (χ3v) is 5.33. The maximum absolute atomic E-state index is 12.1. The van der Waals surface area contributed by atoms with Gasteiger partial charge < -0.3 is 0 Å². The van der Waals surface area contributed by atoms with Gasteiger partial charge in [-0.2, -0.15) is 4.31 Å². The van der Waals surface area contributed by atoms with Crippen molar-refractivity contribution in [1.82, 2.24) is 4.31 Å². The fourth-order valence-electron chi connectivity index (χ4n) is 2.17. The van der Waals surface area contributed by atoms with E-state index >= 15 is 0 Å². The number of benzene rings is 1. The molecule has 2 rings (SSSR count). The fraction of sp³-hybridized carbons (Fsp3) is 0.500. The normalized spacial score (nSPS) is 18.9. The van der Waals surface area contributed by atoms with Crippen LogP contribution in [0.15, 0.2) is 24.3 Å². The van der Waals surface area contributed by atoms with Gasteiger partial charge in [0.1, 0.15) is 0 Å². The van der Waals surface area contributed by atoms with Gasteiger partial charge in [-0.1, -0.05) is 38.1 Å². The summed E-state index contributed by atoms with van der Waals surface area (Å²) in [4.78, 5) is 12.1. The molecule has 0 amide bonds. The van der Waals surface area contributed by atoms with E-state index in [0.717, 1.165) is 0 Å². The first kappa shape index (κ1) is 14.2. The SMILES string of the molecule is CC(C)c1ccc(C(=O)CN2CCCS2(=O)=O)cc1. The van der Waals surface area contributed by atoms with Gasteiger partial charge in [0.25, 0.3) is 0 Å². The van der Waals surface area contributed by atoms with Gasteiger partial charge in [0.2, 0.25) is 10.0 Å². The van der Waals surface area contributed by atoms with E-state index in [1.54, 1.807) is 12.1 Å². The van der Waals surface area contributed by atoms with Crippen molar-refractivity contribution in [3.63, 3.8) is 0 Å². The van der Waals surface area contributed by atoms with Crippen molar-refractivity contribution >= 4 is 15.8 Å². The van der Waals surface area contributed by atoms with Gasteiger partial charge in [-0.05, 0) is 17.9 Å². The van der Waals surface area contributed by atoms with Gasteiger partial charge in [0, 0.05) is 12.1 Å². The molecular weight excluding hydrogens is 262 g/mol. The van der Waals surface area contributed by atoms with Crippen LogP contribution in [-0.4, -0.2) is 37.3 Å². The first-order valence-corrected chi connectivity index (χ1v) is 8.12. The second-order valence-corrected chi connectivity index (χ2v) is 7.29. The molecule has 1 aliphatic heterocycles. The van der Waals surface area contributed by atoms with Crippen LogP contribution in [0.4, 0.5) is 0 Å². The highest BCUT2D eigenvalue weighted by Crippen LogP contribution is 2.17. The molecule has 104 valence electrons. The molecule has 0 bridgehead atoms. The highest BCUT2D eigenvalue weighted by Gasteiger charge is 2.29. The lowest BCUT2D eigenvalue weighted by molar-refractivity contribution is 0.0969. The average Bonchev–Trinajstić information content (AvgIpc) is 2.69. The molecule has 19 heavy (non-hydrogen) atoms. The lowest BCUT2D eigenvalue weighted by atomic mass is 10.0. The number of carbonyl (C=O) groups is 1. The van der Waals surface area contributed by atoms with Crippen LogP contribution in [-0.2, 0) is 10.0 Å². The monoisotopic (exact) mass is 281 g/mol. The van der Waals surface area contributed by atoms with Gasteiger partial charge in [-0.3, -0.25) is 4.79 Å². The number of sulfonamides is 1. The van der Waals surface area contributed by atoms with Crippen molar-refractivity contribution in [2.24, 2.45) is 0 Å². The van der Waals surface area contributed by atoms with Crippen LogP contribution < -0.4 is 0 Å². The molecule has 1 aromatic carbocycles. The standard InChI is InChI=1S/C14H19NO3S/c1-11(2)12-4-6-13(7-5-12)14(16)10-15-8-3-9-19(15,17)18/h4-7,11H,3,8-10H2,1-2H3. The molecule has 1 heterocycles. The summed E-state index contributed by atoms with van der Waals surface area (Å²) in [6, 6.07) is 7.41. The Kier molecular flexibility index (Phi) is 4.06. The van der Waals surface area contributed by atoms with E-state index in [9.17, 15) is 13.2 Å². The van der Waals surface area contributed by atoms with E-state index in [1.807, 2.05) is 12.1 Å². The van der Waals surface area contributed by atoms with Gasteiger partial charge in [-0.15, -0.1) is 0 Å². The molecule has 0 aliphatic carbocycles. The minimum Gasteiger partial charge on any atom is -0.293 e. The third-order valence-electron chi connectivity index (χ3n) is 3.42. The second-order valence-electron chi connectivity index (χ2n) is 5.20. The van der Waals surface area contributed by atoms with E-state index in [-0.39, 0.29) is 18.1 Å². The highest BCUT2D eigenvalue weighted by atomic mass is 32.2. The Labute approximate surface area is 114 Å². The van der Waals surface area contributed by atoms with Crippen molar-refractivity contribution in [2.75, 3.05) is 18.8 Å². The minimum atomic E-state index is -3.20. The summed E-state index contributed by atoms with van der Waals surface area (Å²) in [6.45, 7) is 4.60. The van der Waals surface area contributed by atoms with E-state index < -0.39 is 10.0 Å². The van der Waals surface area contributed by atoms with Crippen LogP contribution >= 0.6 is 0 Å². The van der Waals surface area contributed by atoms with Crippen LogP contribution in [0, 0.1) is 0 Å². The number of hydrogen-bond donors (Lipinski definition) is 0. The van der Waals surface area contributed by atoms with E-state index in [4.69, 9.17) is 0 Å². The van der Waals surface area contributed by atoms with Gasteiger partial charge >= 0.3 is 0 Å². The van der Waals surface area contributed by atoms with Crippen LogP contribution in [0.1, 0.15) is 42.1 Å². The van der Waals surface area contributed by atoms with Crippen LogP contribution in [0.2, 0.25) is 0 Å². The summed E-state index contributed by atoms with van der Waals surface area (Å²) in [5.41, 5.74) is 1.75. The molecule has 0 N–H and O–H groups in total. The van der Waals surface area contributed by atoms with E-state index in [1.165, 1.54) is 9.87 Å². The molecule has 0 unspecified atom stereocenters. The van der Waals surface area contributed by atoms with Crippen LogP contribution in [0.3, 0.4) is 0 Å². The molecule has 1 saturated heterocycles. The Morgan fingerprint density at radius 2 is 1.89 bits per heavy atom. The molecule has 1 aromatic rings. The predicted octanol–water partition coefficient (Wildman–Crippen LogP) is 2.03. The van der Waals surface area contributed by atoms with Gasteiger partial charge in [0.05, 0.1) is 12.3 Å². The minimum absolute atomic E-state index is 0.0383. The lowest BCUT2D eigenvalue weighted by Crippen LogP contribution is -2.31. The van der Waals surface area contributed by atoms with Crippen LogP contribution in [0.5, 0.6) is 0 Å². The number of rotatable bonds is 4. The molecule has 0 aromatic heterocycles. The van der Waals surface area contributed by atoms with Crippen molar-refractivity contribution in [3.05, 3.63) is 35.4 Å². The Bertz CT molecular complexity index is 561. The molecular formula is C14H19NO3S. The molecule has 5 heteroatoms. The zero-order valence-corrected chi connectivity index (χ0v) is 12.1. The topological polar surface area (TPSA) is 54.5 Å². The highest BCUT2D eigenvalue weighted by molar-refractivity contribution is 7.89. The van der Waals surface area contributed by atoms with Crippen molar-refractivity contribution in [1.29, 1.82) is 0 Å². The Morgan fingerprint density at radius 1 is 1.26 bits per heavy atom. The van der Waals surface area contributed by atoms with Crippen molar-refractivity contribution < 1.29 is 13.2 Å². The quantitative estimate of drug-likeness (QED) is 0.793.